The number of benzene rings is 1. The first-order chi connectivity index (χ1) is 9.65. The Morgan fingerprint density at radius 1 is 1.20 bits per heavy atom. The summed E-state index contributed by atoms with van der Waals surface area (Å²) in [6.45, 7) is 0. The molecule has 2 heterocycles. The molecule has 0 aliphatic heterocycles. The van der Waals surface area contributed by atoms with Crippen molar-refractivity contribution in [2.75, 3.05) is 0 Å². The molecule has 0 atom stereocenters. The third-order valence-electron chi connectivity index (χ3n) is 2.87. The summed E-state index contributed by atoms with van der Waals surface area (Å²) in [5.41, 5.74) is 0.255. The first-order valence-corrected chi connectivity index (χ1v) is 5.88. The van der Waals surface area contributed by atoms with Crippen molar-refractivity contribution in [2.24, 2.45) is 0 Å². The molecule has 0 amide bonds. The van der Waals surface area contributed by atoms with E-state index in [1.807, 2.05) is 0 Å². The van der Waals surface area contributed by atoms with Gasteiger partial charge in [-0.05, 0) is 29.8 Å². The Morgan fingerprint density at radius 3 is 2.70 bits per heavy atom. The number of aromatic amines is 2. The van der Waals surface area contributed by atoms with E-state index >= 15 is 0 Å². The molecule has 0 radical (unpaired) electrons. The quantitative estimate of drug-likeness (QED) is 0.668. The van der Waals surface area contributed by atoms with Gasteiger partial charge in [-0.2, -0.15) is 4.98 Å². The van der Waals surface area contributed by atoms with E-state index in [-0.39, 0.29) is 17.0 Å². The summed E-state index contributed by atoms with van der Waals surface area (Å²) in [4.78, 5) is 21.4. The third kappa shape index (κ3) is 2.07. The topological polar surface area (TPSA) is 81.8 Å². The summed E-state index contributed by atoms with van der Waals surface area (Å²) < 4.78 is 13.2. The van der Waals surface area contributed by atoms with Gasteiger partial charge in [0.1, 0.15) is 11.4 Å². The number of halogens is 1. The first-order valence-electron chi connectivity index (χ1n) is 5.88. The van der Waals surface area contributed by atoms with Crippen LogP contribution in [0.3, 0.4) is 0 Å². The summed E-state index contributed by atoms with van der Waals surface area (Å²) in [7, 11) is 0. The summed E-state index contributed by atoms with van der Waals surface area (Å²) >= 11 is 0. The van der Waals surface area contributed by atoms with E-state index in [0.717, 1.165) is 0 Å². The average Bonchev–Trinajstić information content (AvgIpc) is 2.91. The van der Waals surface area contributed by atoms with Gasteiger partial charge in [-0.1, -0.05) is 12.1 Å². The lowest BCUT2D eigenvalue weighted by atomic mass is 10.1. The normalized spacial score (nSPS) is 10.7. The van der Waals surface area contributed by atoms with Crippen LogP contribution < -0.4 is 5.56 Å². The second-order valence-corrected chi connectivity index (χ2v) is 4.21. The first kappa shape index (κ1) is 12.2. The monoisotopic (exact) mass is 271 g/mol. The number of nitrogens with one attached hydrogen (secondary N) is 2. The van der Waals surface area contributed by atoms with Crippen LogP contribution in [0.1, 0.15) is 0 Å². The number of H-pyrrole nitrogens is 2. The lowest BCUT2D eigenvalue weighted by Gasteiger charge is -2.05. The molecule has 2 aromatic heterocycles. The SMILES string of the molecule is O=c1[nH]c(-c2ccc[nH]2)nc(O)c1-c1cccc(F)c1. The predicted molar refractivity (Wildman–Crippen MR) is 71.7 cm³/mol. The van der Waals surface area contributed by atoms with E-state index < -0.39 is 17.3 Å². The number of hydrogen-bond acceptors (Lipinski definition) is 3. The fraction of sp³-hybridized carbons (Fsp3) is 0. The molecule has 3 aromatic rings. The number of aromatic hydroxyl groups is 1. The molecule has 0 saturated heterocycles. The molecule has 0 aliphatic carbocycles. The maximum absolute atomic E-state index is 13.2. The van der Waals surface area contributed by atoms with Crippen LogP contribution >= 0.6 is 0 Å². The van der Waals surface area contributed by atoms with Crippen molar-refractivity contribution in [1.29, 1.82) is 0 Å². The highest BCUT2D eigenvalue weighted by Crippen LogP contribution is 2.25. The molecule has 1 aromatic carbocycles. The van der Waals surface area contributed by atoms with Crippen molar-refractivity contribution in [3.63, 3.8) is 0 Å². The zero-order chi connectivity index (χ0) is 14.1. The molecule has 0 spiro atoms. The predicted octanol–water partition coefficient (Wildman–Crippen LogP) is 2.28. The second-order valence-electron chi connectivity index (χ2n) is 4.21. The molecule has 0 unspecified atom stereocenters. The Morgan fingerprint density at radius 2 is 2.05 bits per heavy atom. The molecule has 6 heteroatoms. The Bertz CT molecular complexity index is 810. The number of nitrogens with zero attached hydrogens (tertiary/aromatic N) is 1. The molecular weight excluding hydrogens is 261 g/mol. The van der Waals surface area contributed by atoms with Crippen molar-refractivity contribution < 1.29 is 9.50 Å². The molecule has 0 aliphatic rings. The van der Waals surface area contributed by atoms with E-state index in [4.69, 9.17) is 0 Å². The van der Waals surface area contributed by atoms with Crippen LogP contribution in [-0.4, -0.2) is 20.1 Å². The lowest BCUT2D eigenvalue weighted by Crippen LogP contribution is -2.12. The van der Waals surface area contributed by atoms with Gasteiger partial charge in [-0.15, -0.1) is 0 Å². The Labute approximate surface area is 112 Å². The minimum Gasteiger partial charge on any atom is -0.493 e. The molecular formula is C14H10FN3O2. The highest BCUT2D eigenvalue weighted by molar-refractivity contribution is 5.68. The Hall–Kier alpha value is -2.89. The summed E-state index contributed by atoms with van der Waals surface area (Å²) in [6, 6.07) is 8.87. The fourth-order valence-electron chi connectivity index (χ4n) is 1.97. The standard InChI is InChI=1S/C14H10FN3O2/c15-9-4-1-3-8(7-9)11-13(19)17-12(18-14(11)20)10-5-2-6-16-10/h1-7,16H,(H2,17,18,19,20). The highest BCUT2D eigenvalue weighted by atomic mass is 19.1. The molecule has 3 N–H and O–H groups in total. The van der Waals surface area contributed by atoms with E-state index in [1.165, 1.54) is 24.3 Å². The minimum absolute atomic E-state index is 0.0557. The number of hydrogen-bond donors (Lipinski definition) is 3. The van der Waals surface area contributed by atoms with Gasteiger partial charge in [0.25, 0.3) is 5.56 Å². The molecule has 100 valence electrons. The maximum atomic E-state index is 13.2. The zero-order valence-corrected chi connectivity index (χ0v) is 10.2. The summed E-state index contributed by atoms with van der Waals surface area (Å²) in [5, 5.41) is 9.95. The maximum Gasteiger partial charge on any atom is 0.262 e. The molecule has 0 saturated carbocycles. The molecule has 0 bridgehead atoms. The zero-order valence-electron chi connectivity index (χ0n) is 10.2. The Balaban J connectivity index is 2.17. The van der Waals surface area contributed by atoms with Crippen LogP contribution in [0.4, 0.5) is 4.39 Å². The third-order valence-corrected chi connectivity index (χ3v) is 2.87. The van der Waals surface area contributed by atoms with Crippen molar-refractivity contribution in [3.05, 3.63) is 58.8 Å². The van der Waals surface area contributed by atoms with Gasteiger partial charge < -0.3 is 15.1 Å². The second kappa shape index (κ2) is 4.65. The van der Waals surface area contributed by atoms with Gasteiger partial charge in [0, 0.05) is 6.20 Å². The highest BCUT2D eigenvalue weighted by Gasteiger charge is 2.14. The molecule has 5 nitrogen and oxygen atoms in total. The van der Waals surface area contributed by atoms with Gasteiger partial charge in [0.15, 0.2) is 5.82 Å². The van der Waals surface area contributed by atoms with Crippen molar-refractivity contribution in [1.82, 2.24) is 15.0 Å². The molecule has 0 fully saturated rings. The van der Waals surface area contributed by atoms with E-state index in [1.54, 1.807) is 18.3 Å². The van der Waals surface area contributed by atoms with Gasteiger partial charge in [0.2, 0.25) is 5.88 Å². The van der Waals surface area contributed by atoms with Crippen LogP contribution in [0.5, 0.6) is 5.88 Å². The van der Waals surface area contributed by atoms with Crippen molar-refractivity contribution in [2.45, 2.75) is 0 Å². The van der Waals surface area contributed by atoms with E-state index in [9.17, 15) is 14.3 Å². The largest absolute Gasteiger partial charge is 0.493 e. The summed E-state index contributed by atoms with van der Waals surface area (Å²) in [6.07, 6.45) is 1.67. The van der Waals surface area contributed by atoms with E-state index in [0.29, 0.717) is 5.69 Å². The van der Waals surface area contributed by atoms with Crippen LogP contribution in [0.25, 0.3) is 22.6 Å². The van der Waals surface area contributed by atoms with Crippen LogP contribution in [0, 0.1) is 5.82 Å². The van der Waals surface area contributed by atoms with Gasteiger partial charge in [-0.3, -0.25) is 4.79 Å². The van der Waals surface area contributed by atoms with Crippen LogP contribution in [0.2, 0.25) is 0 Å². The van der Waals surface area contributed by atoms with Crippen molar-refractivity contribution in [3.8, 4) is 28.5 Å². The lowest BCUT2D eigenvalue weighted by molar-refractivity contribution is 0.454. The van der Waals surface area contributed by atoms with Gasteiger partial charge in [0.05, 0.1) is 5.69 Å². The number of aromatic nitrogens is 3. The van der Waals surface area contributed by atoms with Gasteiger partial charge in [-0.25, -0.2) is 4.39 Å². The summed E-state index contributed by atoms with van der Waals surface area (Å²) in [5.74, 6) is -0.712. The molecule has 3 rings (SSSR count). The molecule has 20 heavy (non-hydrogen) atoms. The minimum atomic E-state index is -0.535. The van der Waals surface area contributed by atoms with E-state index in [2.05, 4.69) is 15.0 Å². The van der Waals surface area contributed by atoms with Gasteiger partial charge >= 0.3 is 0 Å². The van der Waals surface area contributed by atoms with Crippen molar-refractivity contribution >= 4 is 0 Å². The Kier molecular flexibility index (Phi) is 2.83. The number of rotatable bonds is 2. The van der Waals surface area contributed by atoms with Crippen LogP contribution in [-0.2, 0) is 0 Å². The van der Waals surface area contributed by atoms with Crippen LogP contribution in [0.15, 0.2) is 47.4 Å². The smallest absolute Gasteiger partial charge is 0.262 e. The fourth-order valence-corrected chi connectivity index (χ4v) is 1.97. The average molecular weight is 271 g/mol.